The van der Waals surface area contributed by atoms with Crippen LogP contribution >= 0.6 is 0 Å². The second kappa shape index (κ2) is 12.5. The zero-order valence-electron chi connectivity index (χ0n) is 30.8. The number of aromatic nitrogens is 1. The van der Waals surface area contributed by atoms with Crippen LogP contribution in [0.5, 0.6) is 0 Å². The van der Waals surface area contributed by atoms with Crippen molar-refractivity contribution in [3.8, 4) is 50.2 Å². The highest BCUT2D eigenvalue weighted by Gasteiger charge is 2.21. The summed E-state index contributed by atoms with van der Waals surface area (Å²) in [4.78, 5) is 0. The number of nitrogens with zero attached hydrogens (tertiary/aromatic N) is 1. The lowest BCUT2D eigenvalue weighted by molar-refractivity contribution is 0.670. The van der Waals surface area contributed by atoms with E-state index in [1.165, 1.54) is 27.6 Å². The van der Waals surface area contributed by atoms with Gasteiger partial charge in [0.15, 0.2) is 5.58 Å². The summed E-state index contributed by atoms with van der Waals surface area (Å²) >= 11 is 0. The lowest BCUT2D eigenvalue weighted by Gasteiger charge is -2.16. The van der Waals surface area contributed by atoms with Crippen molar-refractivity contribution < 1.29 is 8.83 Å². The third kappa shape index (κ3) is 4.99. The fraction of sp³-hybridized carbons (Fsp3) is 0. The van der Waals surface area contributed by atoms with Crippen molar-refractivity contribution in [1.82, 2.24) is 4.57 Å². The summed E-state index contributed by atoms with van der Waals surface area (Å²) in [7, 11) is 0. The molecule has 266 valence electrons. The molecule has 12 rings (SSSR count). The van der Waals surface area contributed by atoms with Crippen LogP contribution in [0.4, 0.5) is 0 Å². The molecule has 3 aromatic heterocycles. The summed E-state index contributed by atoms with van der Waals surface area (Å²) in [6, 6.07) is 71.6. The molecule has 12 aromatic rings. The first-order valence-electron chi connectivity index (χ1n) is 19.4. The van der Waals surface area contributed by atoms with Crippen molar-refractivity contribution in [1.29, 1.82) is 0 Å². The van der Waals surface area contributed by atoms with Gasteiger partial charge in [-0.1, -0.05) is 140 Å². The third-order valence-corrected chi connectivity index (χ3v) is 11.6. The number of furan rings is 2. The van der Waals surface area contributed by atoms with E-state index in [0.717, 1.165) is 88.2 Å². The fourth-order valence-electron chi connectivity index (χ4n) is 8.92. The molecular weight excluding hydrogens is 695 g/mol. The first kappa shape index (κ1) is 31.7. The van der Waals surface area contributed by atoms with E-state index < -0.39 is 0 Å². The highest BCUT2D eigenvalue weighted by atomic mass is 16.3. The van der Waals surface area contributed by atoms with Gasteiger partial charge in [0.05, 0.1) is 11.0 Å². The number of hydrogen-bond acceptors (Lipinski definition) is 2. The second-order valence-corrected chi connectivity index (χ2v) is 14.9. The molecule has 9 aromatic carbocycles. The smallest absolute Gasteiger partial charge is 0.160 e. The largest absolute Gasteiger partial charge is 0.455 e. The minimum Gasteiger partial charge on any atom is -0.455 e. The highest BCUT2D eigenvalue weighted by Crippen LogP contribution is 2.44. The van der Waals surface area contributed by atoms with Gasteiger partial charge in [-0.25, -0.2) is 0 Å². The molecule has 3 heteroatoms. The zero-order valence-corrected chi connectivity index (χ0v) is 30.8. The molecule has 0 saturated carbocycles. The highest BCUT2D eigenvalue weighted by molar-refractivity contribution is 6.21. The Bertz CT molecular complexity index is 3450. The van der Waals surface area contributed by atoms with Crippen molar-refractivity contribution in [2.45, 2.75) is 0 Å². The predicted octanol–water partition coefficient (Wildman–Crippen LogP) is 15.3. The maximum atomic E-state index is 6.77. The summed E-state index contributed by atoms with van der Waals surface area (Å²) in [5.41, 5.74) is 15.8. The Balaban J connectivity index is 1.20. The van der Waals surface area contributed by atoms with Gasteiger partial charge in [-0.2, -0.15) is 0 Å². The van der Waals surface area contributed by atoms with E-state index >= 15 is 0 Å². The summed E-state index contributed by atoms with van der Waals surface area (Å²) < 4.78 is 15.9. The fourth-order valence-corrected chi connectivity index (χ4v) is 8.92. The van der Waals surface area contributed by atoms with E-state index in [2.05, 4.69) is 193 Å². The number of fused-ring (bicyclic) bond motifs is 10. The van der Waals surface area contributed by atoms with Crippen molar-refractivity contribution >= 4 is 65.7 Å². The maximum Gasteiger partial charge on any atom is 0.160 e. The van der Waals surface area contributed by atoms with E-state index in [4.69, 9.17) is 8.83 Å². The molecule has 3 nitrogen and oxygen atoms in total. The van der Waals surface area contributed by atoms with Gasteiger partial charge >= 0.3 is 0 Å². The van der Waals surface area contributed by atoms with E-state index in [1.54, 1.807) is 0 Å². The minimum absolute atomic E-state index is 0.881. The van der Waals surface area contributed by atoms with Crippen LogP contribution in [0.15, 0.2) is 209 Å². The SMILES string of the molecule is c1ccc(-c2cc(-c3ccccc3)cc(-c3cc(-c4cccc5c4oc4ccccc45)cc(-n4c5ccccc5c5ccc6c7ccccc7oc6c54)c3)c2)cc1. The van der Waals surface area contributed by atoms with Crippen LogP contribution in [0.1, 0.15) is 0 Å². The molecule has 0 N–H and O–H groups in total. The number of para-hydroxylation sites is 4. The Morgan fingerprint density at radius 1 is 0.298 bits per heavy atom. The van der Waals surface area contributed by atoms with Gasteiger partial charge < -0.3 is 13.4 Å². The Morgan fingerprint density at radius 2 is 0.772 bits per heavy atom. The predicted molar refractivity (Wildman–Crippen MR) is 237 cm³/mol. The van der Waals surface area contributed by atoms with Crippen molar-refractivity contribution in [2.24, 2.45) is 0 Å². The molecule has 0 aliphatic heterocycles. The topological polar surface area (TPSA) is 31.2 Å². The molecule has 0 aliphatic rings. The molecule has 0 saturated heterocycles. The van der Waals surface area contributed by atoms with Gasteiger partial charge in [0, 0.05) is 43.6 Å². The van der Waals surface area contributed by atoms with Crippen LogP contribution < -0.4 is 0 Å². The second-order valence-electron chi connectivity index (χ2n) is 14.9. The molecular formula is C54H33NO2. The lowest BCUT2D eigenvalue weighted by atomic mass is 9.91. The van der Waals surface area contributed by atoms with Gasteiger partial charge in [-0.15, -0.1) is 0 Å². The molecule has 0 atom stereocenters. The van der Waals surface area contributed by atoms with Crippen LogP contribution in [0, 0.1) is 0 Å². The van der Waals surface area contributed by atoms with Gasteiger partial charge in [-0.3, -0.25) is 0 Å². The molecule has 0 unspecified atom stereocenters. The molecule has 0 spiro atoms. The van der Waals surface area contributed by atoms with E-state index in [-0.39, 0.29) is 0 Å². The minimum atomic E-state index is 0.881. The number of hydrogen-bond donors (Lipinski definition) is 0. The van der Waals surface area contributed by atoms with Crippen molar-refractivity contribution in [2.75, 3.05) is 0 Å². The van der Waals surface area contributed by atoms with E-state index in [9.17, 15) is 0 Å². The van der Waals surface area contributed by atoms with E-state index in [1.807, 2.05) is 12.1 Å². The zero-order chi connectivity index (χ0) is 37.5. The number of rotatable bonds is 5. The first-order valence-corrected chi connectivity index (χ1v) is 19.4. The monoisotopic (exact) mass is 727 g/mol. The molecule has 0 amide bonds. The van der Waals surface area contributed by atoms with E-state index in [0.29, 0.717) is 0 Å². The summed E-state index contributed by atoms with van der Waals surface area (Å²) in [6.07, 6.45) is 0. The van der Waals surface area contributed by atoms with Crippen LogP contribution in [-0.4, -0.2) is 4.57 Å². The summed E-state index contributed by atoms with van der Waals surface area (Å²) in [5.74, 6) is 0. The van der Waals surface area contributed by atoms with Gasteiger partial charge in [-0.05, 0) is 99.6 Å². The quantitative estimate of drug-likeness (QED) is 0.177. The Morgan fingerprint density at radius 3 is 1.46 bits per heavy atom. The molecule has 57 heavy (non-hydrogen) atoms. The molecule has 0 radical (unpaired) electrons. The van der Waals surface area contributed by atoms with Crippen molar-refractivity contribution in [3.05, 3.63) is 200 Å². The van der Waals surface area contributed by atoms with Gasteiger partial charge in [0.25, 0.3) is 0 Å². The maximum absolute atomic E-state index is 6.77. The Hall–Kier alpha value is -7.62. The lowest BCUT2D eigenvalue weighted by Crippen LogP contribution is -1.97. The van der Waals surface area contributed by atoms with Gasteiger partial charge in [0.2, 0.25) is 0 Å². The molecule has 3 heterocycles. The third-order valence-electron chi connectivity index (χ3n) is 11.6. The van der Waals surface area contributed by atoms with Crippen LogP contribution in [0.25, 0.3) is 116 Å². The normalized spacial score (nSPS) is 11.9. The van der Waals surface area contributed by atoms with Crippen LogP contribution in [-0.2, 0) is 0 Å². The summed E-state index contributed by atoms with van der Waals surface area (Å²) in [6.45, 7) is 0. The molecule has 0 fully saturated rings. The standard InChI is InChI=1S/C54H33NO2/c1-3-14-34(15-4-1)36-28-37(35-16-5-2-6-17-35)30-38(29-36)39-31-40(42-21-13-22-47-44-19-8-11-24-50(44)56-53(42)47)33-41(32-39)55-49-23-10-7-18-43(49)46-26-27-48-45-20-9-12-25-51(45)57-54(48)52(46)55/h1-33H. The molecule has 0 aliphatic carbocycles. The van der Waals surface area contributed by atoms with Gasteiger partial charge in [0.1, 0.15) is 16.7 Å². The average Bonchev–Trinajstić information content (AvgIpc) is 3.96. The first-order chi connectivity index (χ1) is 28.2. The van der Waals surface area contributed by atoms with Crippen LogP contribution in [0.3, 0.4) is 0 Å². The Kier molecular flexibility index (Phi) is 6.93. The van der Waals surface area contributed by atoms with Crippen LogP contribution in [0.2, 0.25) is 0 Å². The van der Waals surface area contributed by atoms with Crippen molar-refractivity contribution in [3.63, 3.8) is 0 Å². The average molecular weight is 728 g/mol. The number of benzene rings is 9. The molecule has 0 bridgehead atoms. The Labute approximate surface area is 328 Å². The summed E-state index contributed by atoms with van der Waals surface area (Å²) in [5, 5.41) is 6.77.